The smallest absolute Gasteiger partial charge is 0.0729 e. The van der Waals surface area contributed by atoms with E-state index < -0.39 is 0 Å². The van der Waals surface area contributed by atoms with Crippen molar-refractivity contribution in [3.8, 4) is 0 Å². The number of fused-ring (bicyclic) bond motifs is 2. The van der Waals surface area contributed by atoms with Gasteiger partial charge in [-0.2, -0.15) is 0 Å². The zero-order chi connectivity index (χ0) is 26.8. The Morgan fingerprint density at radius 1 is 0.395 bits per heavy atom. The second kappa shape index (κ2) is 25.2. The molecule has 0 aliphatic carbocycles. The summed E-state index contributed by atoms with van der Waals surface area (Å²) in [5, 5.41) is 0. The third-order valence-corrected chi connectivity index (χ3v) is 6.18. The summed E-state index contributed by atoms with van der Waals surface area (Å²) in [6.07, 6.45) is 2.07. The summed E-state index contributed by atoms with van der Waals surface area (Å²) >= 11 is 1.71. The van der Waals surface area contributed by atoms with Crippen LogP contribution in [0.4, 0.5) is 0 Å². The molecule has 0 atom stereocenters. The highest BCUT2D eigenvalue weighted by Gasteiger charge is 2.08. The van der Waals surface area contributed by atoms with Crippen LogP contribution >= 0.6 is 11.8 Å². The van der Waals surface area contributed by atoms with Gasteiger partial charge in [-0.3, -0.25) is 0 Å². The normalized spacial score (nSPS) is 21.4. The Kier molecular flexibility index (Phi) is 22.1. The SMILES string of the molecule is CSc1c2cccc1COCCOCCOCCOCCOCCOCCOCCOCCOCCOC2. The van der Waals surface area contributed by atoms with Crippen LogP contribution in [0.5, 0.6) is 0 Å². The summed E-state index contributed by atoms with van der Waals surface area (Å²) in [5.41, 5.74) is 2.30. The zero-order valence-corrected chi connectivity index (χ0v) is 23.7. The van der Waals surface area contributed by atoms with Crippen LogP contribution in [-0.4, -0.2) is 125 Å². The molecule has 0 spiro atoms. The molecule has 1 aliphatic rings. The van der Waals surface area contributed by atoms with Crippen LogP contribution in [0, 0.1) is 0 Å². The van der Waals surface area contributed by atoms with Crippen LogP contribution in [0.25, 0.3) is 0 Å². The first-order chi connectivity index (χ1) is 18.9. The Labute approximate surface area is 231 Å². The van der Waals surface area contributed by atoms with E-state index in [2.05, 4.69) is 18.4 Å². The molecular weight excluding hydrogens is 516 g/mol. The number of thioether (sulfide) groups is 1. The lowest BCUT2D eigenvalue weighted by molar-refractivity contribution is -0.0268. The van der Waals surface area contributed by atoms with Crippen molar-refractivity contribution in [3.05, 3.63) is 29.3 Å². The lowest BCUT2D eigenvalue weighted by Gasteiger charge is -2.14. The van der Waals surface area contributed by atoms with E-state index in [-0.39, 0.29) is 0 Å². The van der Waals surface area contributed by atoms with Gasteiger partial charge in [0.25, 0.3) is 0 Å². The van der Waals surface area contributed by atoms with E-state index >= 15 is 0 Å². The fourth-order valence-corrected chi connectivity index (χ4v) is 4.15. The van der Waals surface area contributed by atoms with E-state index in [9.17, 15) is 0 Å². The minimum absolute atomic E-state index is 0.524. The molecule has 0 amide bonds. The predicted octanol–water partition coefficient (Wildman–Crippen LogP) is 2.59. The van der Waals surface area contributed by atoms with Crippen LogP contribution in [0.15, 0.2) is 23.1 Å². The van der Waals surface area contributed by atoms with Crippen LogP contribution < -0.4 is 0 Å². The van der Waals surface area contributed by atoms with Gasteiger partial charge >= 0.3 is 0 Å². The second-order valence-corrected chi connectivity index (χ2v) is 8.93. The first-order valence-electron chi connectivity index (χ1n) is 13.3. The van der Waals surface area contributed by atoms with Gasteiger partial charge in [0, 0.05) is 4.90 Å². The van der Waals surface area contributed by atoms with E-state index in [1.54, 1.807) is 11.8 Å². The molecule has 0 saturated carbocycles. The van der Waals surface area contributed by atoms with Crippen molar-refractivity contribution in [2.45, 2.75) is 18.1 Å². The van der Waals surface area contributed by atoms with Gasteiger partial charge in [0.05, 0.1) is 132 Å². The summed E-state index contributed by atoms with van der Waals surface area (Å²) in [6.45, 7) is 10.5. The topological polar surface area (TPSA) is 92.3 Å². The Hall–Kier alpha value is -0.830. The van der Waals surface area contributed by atoms with Gasteiger partial charge in [-0.1, -0.05) is 18.2 Å². The lowest BCUT2D eigenvalue weighted by atomic mass is 10.1. The molecule has 2 rings (SSSR count). The average Bonchev–Trinajstić information content (AvgIpc) is 2.93. The summed E-state index contributed by atoms with van der Waals surface area (Å²) < 4.78 is 55.8. The maximum absolute atomic E-state index is 5.83. The van der Waals surface area contributed by atoms with Crippen LogP contribution in [0.3, 0.4) is 0 Å². The third kappa shape index (κ3) is 17.7. The summed E-state index contributed by atoms with van der Waals surface area (Å²) in [6, 6.07) is 6.22. The quantitative estimate of drug-likeness (QED) is 0.473. The van der Waals surface area contributed by atoms with Crippen molar-refractivity contribution >= 4 is 11.8 Å². The Bertz CT molecular complexity index is 616. The van der Waals surface area contributed by atoms with Crippen molar-refractivity contribution in [1.82, 2.24) is 0 Å². The Morgan fingerprint density at radius 3 is 0.868 bits per heavy atom. The monoisotopic (exact) mass is 562 g/mol. The molecule has 0 unspecified atom stereocenters. The van der Waals surface area contributed by atoms with Gasteiger partial charge in [-0.15, -0.1) is 11.8 Å². The molecule has 0 N–H and O–H groups in total. The Morgan fingerprint density at radius 2 is 0.632 bits per heavy atom. The molecule has 1 aliphatic heterocycles. The van der Waals surface area contributed by atoms with Gasteiger partial charge < -0.3 is 47.4 Å². The maximum Gasteiger partial charge on any atom is 0.0729 e. The molecule has 0 radical (unpaired) electrons. The summed E-state index contributed by atoms with van der Waals surface area (Å²) in [4.78, 5) is 1.19. The van der Waals surface area contributed by atoms with Crippen LogP contribution in [-0.2, 0) is 60.6 Å². The second-order valence-electron chi connectivity index (χ2n) is 8.11. The Balaban J connectivity index is 1.66. The van der Waals surface area contributed by atoms with Crippen molar-refractivity contribution in [1.29, 1.82) is 0 Å². The lowest BCUT2D eigenvalue weighted by Crippen LogP contribution is -2.15. The molecule has 2 bridgehead atoms. The molecule has 11 heteroatoms. The number of benzene rings is 1. The van der Waals surface area contributed by atoms with Gasteiger partial charge in [0.1, 0.15) is 0 Å². The highest BCUT2D eigenvalue weighted by Crippen LogP contribution is 2.26. The molecule has 1 aromatic carbocycles. The van der Waals surface area contributed by atoms with E-state index in [4.69, 9.17) is 47.4 Å². The van der Waals surface area contributed by atoms with Gasteiger partial charge in [-0.25, -0.2) is 0 Å². The van der Waals surface area contributed by atoms with Crippen LogP contribution in [0.1, 0.15) is 11.1 Å². The fraction of sp³-hybridized carbons (Fsp3) is 0.778. The van der Waals surface area contributed by atoms with Crippen molar-refractivity contribution in [2.75, 3.05) is 125 Å². The van der Waals surface area contributed by atoms with E-state index in [0.717, 1.165) is 11.1 Å². The summed E-state index contributed by atoms with van der Waals surface area (Å²) in [5.74, 6) is 0. The van der Waals surface area contributed by atoms with Gasteiger partial charge in [0.2, 0.25) is 0 Å². The molecule has 1 heterocycles. The third-order valence-electron chi connectivity index (χ3n) is 5.25. The van der Waals surface area contributed by atoms with Crippen molar-refractivity contribution < 1.29 is 47.4 Å². The molecule has 10 nitrogen and oxygen atoms in total. The number of hydrogen-bond donors (Lipinski definition) is 0. The molecule has 0 saturated heterocycles. The highest BCUT2D eigenvalue weighted by atomic mass is 32.2. The average molecular weight is 563 g/mol. The fourth-order valence-electron chi connectivity index (χ4n) is 3.37. The molecule has 38 heavy (non-hydrogen) atoms. The molecular formula is C27H46O10S. The van der Waals surface area contributed by atoms with E-state index in [1.165, 1.54) is 4.90 Å². The first kappa shape index (κ1) is 33.4. The standard InChI is InChI=1S/C27H46O10S/c1-38-27-25-3-2-4-26(27)24-37-22-20-35-18-16-33-14-12-31-10-8-29-6-5-28-7-9-30-11-13-32-15-17-34-19-21-36-23-25/h2-4H,5-24H2,1H3. The van der Waals surface area contributed by atoms with Crippen molar-refractivity contribution in [3.63, 3.8) is 0 Å². The highest BCUT2D eigenvalue weighted by molar-refractivity contribution is 7.98. The predicted molar refractivity (Wildman–Crippen MR) is 144 cm³/mol. The van der Waals surface area contributed by atoms with E-state index in [0.29, 0.717) is 132 Å². The minimum Gasteiger partial charge on any atom is -0.377 e. The number of rotatable bonds is 1. The summed E-state index contributed by atoms with van der Waals surface area (Å²) in [7, 11) is 0. The van der Waals surface area contributed by atoms with Crippen molar-refractivity contribution in [2.24, 2.45) is 0 Å². The van der Waals surface area contributed by atoms with Gasteiger partial charge in [-0.05, 0) is 17.4 Å². The molecule has 220 valence electrons. The minimum atomic E-state index is 0.524. The largest absolute Gasteiger partial charge is 0.377 e. The first-order valence-corrected chi connectivity index (χ1v) is 14.6. The molecule has 1 aromatic rings. The van der Waals surface area contributed by atoms with Gasteiger partial charge in [0.15, 0.2) is 0 Å². The zero-order valence-electron chi connectivity index (χ0n) is 22.9. The van der Waals surface area contributed by atoms with Crippen LogP contribution in [0.2, 0.25) is 0 Å². The van der Waals surface area contributed by atoms with E-state index in [1.807, 2.05) is 6.07 Å². The molecule has 0 fully saturated rings. The number of ether oxygens (including phenoxy) is 10. The molecule has 0 aromatic heterocycles. The maximum atomic E-state index is 5.83. The number of hydrogen-bond acceptors (Lipinski definition) is 11.